The van der Waals surface area contributed by atoms with Crippen LogP contribution in [0.4, 0.5) is 0 Å². The number of thioether (sulfide) groups is 1. The zero-order valence-corrected chi connectivity index (χ0v) is 25.2. The maximum absolute atomic E-state index is 4.96. The van der Waals surface area contributed by atoms with Gasteiger partial charge in [0.05, 0.1) is 11.1 Å². The number of hydrogen-bond donors (Lipinski definition) is 0. The van der Waals surface area contributed by atoms with Crippen molar-refractivity contribution in [1.29, 1.82) is 0 Å². The van der Waals surface area contributed by atoms with Crippen molar-refractivity contribution in [2.45, 2.75) is 39.5 Å². The summed E-state index contributed by atoms with van der Waals surface area (Å²) in [6.45, 7) is 8.67. The van der Waals surface area contributed by atoms with Crippen LogP contribution in [-0.4, -0.2) is 4.98 Å². The molecule has 41 heavy (non-hydrogen) atoms. The average molecular weight is 552 g/mol. The SMILES string of the molecule is CC/C=C\C(S/C=C/C=C\C=C(/C)c1ccc2c(c1)C(c1ccccc1)(c1ccccn1)c1ccccc1-2)=C(C)C. The lowest BCUT2D eigenvalue weighted by molar-refractivity contribution is 0.734. The summed E-state index contributed by atoms with van der Waals surface area (Å²) in [6, 6.07) is 32.8. The molecule has 1 aliphatic rings. The lowest BCUT2D eigenvalue weighted by Crippen LogP contribution is -2.29. The van der Waals surface area contributed by atoms with Gasteiger partial charge in [-0.05, 0) is 89.8 Å². The second kappa shape index (κ2) is 13.0. The van der Waals surface area contributed by atoms with Gasteiger partial charge in [0, 0.05) is 11.1 Å². The third-order valence-electron chi connectivity index (χ3n) is 7.60. The molecule has 2 heteroatoms. The van der Waals surface area contributed by atoms with Crippen molar-refractivity contribution in [3.63, 3.8) is 0 Å². The predicted octanol–water partition coefficient (Wildman–Crippen LogP) is 10.9. The molecule has 0 N–H and O–H groups in total. The smallest absolute Gasteiger partial charge is 0.0886 e. The quantitative estimate of drug-likeness (QED) is 0.169. The fourth-order valence-electron chi connectivity index (χ4n) is 5.60. The molecule has 0 spiro atoms. The van der Waals surface area contributed by atoms with E-state index in [4.69, 9.17) is 4.98 Å². The van der Waals surface area contributed by atoms with E-state index in [1.807, 2.05) is 12.3 Å². The number of rotatable bonds is 9. The molecule has 0 saturated carbocycles. The number of benzene rings is 3. The van der Waals surface area contributed by atoms with Crippen molar-refractivity contribution in [2.24, 2.45) is 0 Å². The van der Waals surface area contributed by atoms with Crippen molar-refractivity contribution in [3.05, 3.63) is 177 Å². The van der Waals surface area contributed by atoms with E-state index >= 15 is 0 Å². The van der Waals surface area contributed by atoms with E-state index in [2.05, 4.69) is 154 Å². The van der Waals surface area contributed by atoms with Crippen LogP contribution in [0.2, 0.25) is 0 Å². The molecule has 0 fully saturated rings. The molecule has 5 rings (SSSR count). The molecule has 1 unspecified atom stereocenters. The molecule has 1 aromatic heterocycles. The summed E-state index contributed by atoms with van der Waals surface area (Å²) in [6.07, 6.45) is 15.9. The van der Waals surface area contributed by atoms with Crippen LogP contribution >= 0.6 is 11.8 Å². The first-order valence-electron chi connectivity index (χ1n) is 14.3. The van der Waals surface area contributed by atoms with Crippen LogP contribution in [0, 0.1) is 0 Å². The lowest BCUT2D eigenvalue weighted by atomic mass is 9.69. The highest BCUT2D eigenvalue weighted by Crippen LogP contribution is 2.55. The average Bonchev–Trinajstić information content (AvgIpc) is 3.31. The number of nitrogens with zero attached hydrogens (tertiary/aromatic N) is 1. The first kappa shape index (κ1) is 28.4. The summed E-state index contributed by atoms with van der Waals surface area (Å²) >= 11 is 1.76. The van der Waals surface area contributed by atoms with Crippen LogP contribution in [-0.2, 0) is 5.41 Å². The molecule has 0 bridgehead atoms. The van der Waals surface area contributed by atoms with Gasteiger partial charge >= 0.3 is 0 Å². The highest BCUT2D eigenvalue weighted by Gasteiger charge is 2.47. The third-order valence-corrected chi connectivity index (χ3v) is 8.69. The Morgan fingerprint density at radius 1 is 0.780 bits per heavy atom. The van der Waals surface area contributed by atoms with Crippen LogP contribution in [0.5, 0.6) is 0 Å². The van der Waals surface area contributed by atoms with E-state index in [1.54, 1.807) is 11.8 Å². The molecule has 204 valence electrons. The van der Waals surface area contributed by atoms with Crippen molar-refractivity contribution >= 4 is 17.3 Å². The summed E-state index contributed by atoms with van der Waals surface area (Å²) in [5.74, 6) is 0. The van der Waals surface area contributed by atoms with Gasteiger partial charge in [0.25, 0.3) is 0 Å². The third kappa shape index (κ3) is 5.71. The van der Waals surface area contributed by atoms with Crippen LogP contribution in [0.15, 0.2) is 150 Å². The Hall–Kier alpha value is -4.14. The summed E-state index contributed by atoms with van der Waals surface area (Å²) in [7, 11) is 0. The topological polar surface area (TPSA) is 12.9 Å². The molecule has 1 nitrogen and oxygen atoms in total. The first-order valence-corrected chi connectivity index (χ1v) is 15.2. The molecule has 0 radical (unpaired) electrons. The fourth-order valence-corrected chi connectivity index (χ4v) is 6.33. The van der Waals surface area contributed by atoms with Crippen LogP contribution in [0.25, 0.3) is 16.7 Å². The highest BCUT2D eigenvalue weighted by molar-refractivity contribution is 8.06. The Labute approximate surface area is 249 Å². The first-order chi connectivity index (χ1) is 20.1. The molecule has 0 amide bonds. The molecule has 0 saturated heterocycles. The molecular formula is C39H37NS. The van der Waals surface area contributed by atoms with Gasteiger partial charge in [0.15, 0.2) is 0 Å². The summed E-state index contributed by atoms with van der Waals surface area (Å²) < 4.78 is 0. The van der Waals surface area contributed by atoms with E-state index in [0.29, 0.717) is 0 Å². The summed E-state index contributed by atoms with van der Waals surface area (Å²) in [5.41, 5.74) is 10.7. The minimum Gasteiger partial charge on any atom is -0.260 e. The van der Waals surface area contributed by atoms with E-state index in [1.165, 1.54) is 49.4 Å². The number of fused-ring (bicyclic) bond motifs is 3. The Morgan fingerprint density at radius 3 is 2.29 bits per heavy atom. The van der Waals surface area contributed by atoms with E-state index in [0.717, 1.165) is 12.1 Å². The standard InChI is InChI=1S/C39H37NS/c1-5-6-22-37(29(2)3)41-27-16-8-9-17-30(4)31-24-25-34-33-20-12-13-21-35(33)39(36(34)28-31,32-18-10-7-11-19-32)38-23-14-15-26-40-38/h6-28H,5H2,1-4H3/b9-8-,22-6-,27-16+,30-17+. The van der Waals surface area contributed by atoms with Crippen LogP contribution in [0.1, 0.15) is 62.1 Å². The maximum atomic E-state index is 4.96. The van der Waals surface area contributed by atoms with Gasteiger partial charge in [0.1, 0.15) is 0 Å². The van der Waals surface area contributed by atoms with Crippen molar-refractivity contribution in [2.75, 3.05) is 0 Å². The Kier molecular flexibility index (Phi) is 9.01. The van der Waals surface area contributed by atoms with Gasteiger partial charge in [-0.15, -0.1) is 0 Å². The number of pyridine rings is 1. The Balaban J connectivity index is 1.52. The molecule has 1 aliphatic carbocycles. The second-order valence-electron chi connectivity index (χ2n) is 10.5. The largest absolute Gasteiger partial charge is 0.260 e. The highest BCUT2D eigenvalue weighted by atomic mass is 32.2. The predicted molar refractivity (Wildman–Crippen MR) is 179 cm³/mol. The molecule has 1 atom stereocenters. The second-order valence-corrected chi connectivity index (χ2v) is 11.4. The van der Waals surface area contributed by atoms with Crippen molar-refractivity contribution < 1.29 is 0 Å². The number of hydrogen-bond acceptors (Lipinski definition) is 2. The van der Waals surface area contributed by atoms with Gasteiger partial charge in [-0.3, -0.25) is 4.98 Å². The van der Waals surface area contributed by atoms with Gasteiger partial charge in [-0.2, -0.15) is 0 Å². The van der Waals surface area contributed by atoms with Gasteiger partial charge < -0.3 is 0 Å². The van der Waals surface area contributed by atoms with Crippen molar-refractivity contribution in [3.8, 4) is 11.1 Å². The molecule has 3 aromatic carbocycles. The minimum atomic E-state index is -0.477. The lowest BCUT2D eigenvalue weighted by Gasteiger charge is -2.32. The van der Waals surface area contributed by atoms with E-state index in [-0.39, 0.29) is 0 Å². The Morgan fingerprint density at radius 2 is 1.54 bits per heavy atom. The van der Waals surface area contributed by atoms with Gasteiger partial charge in [-0.1, -0.05) is 134 Å². The molecule has 0 aliphatic heterocycles. The van der Waals surface area contributed by atoms with Gasteiger partial charge in [0.2, 0.25) is 0 Å². The molecular weight excluding hydrogens is 515 g/mol. The van der Waals surface area contributed by atoms with E-state index in [9.17, 15) is 0 Å². The fraction of sp³-hybridized carbons (Fsp3) is 0.154. The van der Waals surface area contributed by atoms with Crippen LogP contribution < -0.4 is 0 Å². The maximum Gasteiger partial charge on any atom is 0.0886 e. The van der Waals surface area contributed by atoms with Crippen molar-refractivity contribution in [1.82, 2.24) is 4.98 Å². The Bertz CT molecular complexity index is 1610. The normalized spacial score (nSPS) is 16.4. The number of aromatic nitrogens is 1. The van der Waals surface area contributed by atoms with E-state index < -0.39 is 5.41 Å². The zero-order valence-electron chi connectivity index (χ0n) is 24.3. The molecule has 4 aromatic rings. The molecule has 1 heterocycles. The number of allylic oxidation sites excluding steroid dienone is 8. The minimum absolute atomic E-state index is 0.477. The van der Waals surface area contributed by atoms with Gasteiger partial charge in [-0.25, -0.2) is 0 Å². The monoisotopic (exact) mass is 551 g/mol. The van der Waals surface area contributed by atoms with Crippen LogP contribution in [0.3, 0.4) is 0 Å². The summed E-state index contributed by atoms with van der Waals surface area (Å²) in [4.78, 5) is 6.26. The summed E-state index contributed by atoms with van der Waals surface area (Å²) in [5, 5.41) is 2.15. The zero-order chi connectivity index (χ0) is 28.7.